The van der Waals surface area contributed by atoms with E-state index in [1.807, 2.05) is 29.3 Å². The minimum absolute atomic E-state index is 0.628. The second kappa shape index (κ2) is 2.77. The second-order valence-electron chi connectivity index (χ2n) is 2.64. The van der Waals surface area contributed by atoms with E-state index in [1.165, 1.54) is 0 Å². The number of hydrogen-bond acceptors (Lipinski definition) is 3. The van der Waals surface area contributed by atoms with Crippen LogP contribution in [0.15, 0.2) is 41.2 Å². The summed E-state index contributed by atoms with van der Waals surface area (Å²) in [6, 6.07) is 0. The summed E-state index contributed by atoms with van der Waals surface area (Å²) in [5.74, 6) is 0.892. The largest absolute Gasteiger partial charge is 0.328 e. The van der Waals surface area contributed by atoms with Gasteiger partial charge in [-0.25, -0.2) is 4.99 Å². The Morgan fingerprint density at radius 1 is 1.50 bits per heavy atom. The van der Waals surface area contributed by atoms with E-state index in [1.54, 1.807) is 6.20 Å². The lowest BCUT2D eigenvalue weighted by Crippen LogP contribution is -2.30. The Morgan fingerprint density at radius 3 is 3.25 bits per heavy atom. The normalized spacial score (nSPS) is 19.8. The summed E-state index contributed by atoms with van der Waals surface area (Å²) in [5, 5.41) is 0. The average Bonchev–Trinajstić information content (AvgIpc) is 2.17. The summed E-state index contributed by atoms with van der Waals surface area (Å²) >= 11 is 0. The maximum absolute atomic E-state index is 10.4. The number of nitrogens with zero attached hydrogens (tertiary/aromatic N) is 2. The summed E-state index contributed by atoms with van der Waals surface area (Å²) < 4.78 is 0. The number of carbonyl (C=O) groups excluding carboxylic acids is 1. The molecule has 0 saturated carbocycles. The molecule has 3 nitrogen and oxygen atoms in total. The van der Waals surface area contributed by atoms with Gasteiger partial charge < -0.3 is 4.90 Å². The average molecular weight is 160 g/mol. The zero-order chi connectivity index (χ0) is 8.39. The van der Waals surface area contributed by atoms with Crippen molar-refractivity contribution in [3.05, 3.63) is 36.2 Å². The van der Waals surface area contributed by atoms with E-state index < -0.39 is 0 Å². The molecule has 0 atom stereocenters. The van der Waals surface area contributed by atoms with Crippen LogP contribution in [-0.4, -0.2) is 23.6 Å². The van der Waals surface area contributed by atoms with Gasteiger partial charge in [0.25, 0.3) is 0 Å². The second-order valence-corrected chi connectivity index (χ2v) is 2.64. The van der Waals surface area contributed by atoms with Crippen LogP contribution in [0.2, 0.25) is 0 Å². The monoisotopic (exact) mass is 160 g/mol. The summed E-state index contributed by atoms with van der Waals surface area (Å²) in [4.78, 5) is 16.5. The number of allylic oxidation sites excluding steroid dienone is 2. The number of carbonyl (C=O) groups is 1. The molecule has 2 heterocycles. The fraction of sp³-hybridized carbons (Fsp3) is 0.111. The van der Waals surface area contributed by atoms with Crippen molar-refractivity contribution in [1.29, 1.82) is 0 Å². The van der Waals surface area contributed by atoms with Crippen molar-refractivity contribution in [2.24, 2.45) is 4.99 Å². The van der Waals surface area contributed by atoms with E-state index in [4.69, 9.17) is 0 Å². The lowest BCUT2D eigenvalue weighted by molar-refractivity contribution is -0.105. The molecule has 2 aliphatic rings. The number of hydrogen-bond donors (Lipinski definition) is 0. The third-order valence-corrected chi connectivity index (χ3v) is 1.78. The van der Waals surface area contributed by atoms with Gasteiger partial charge in [-0.3, -0.25) is 4.79 Å². The van der Waals surface area contributed by atoms with Crippen LogP contribution in [-0.2, 0) is 4.79 Å². The third-order valence-electron chi connectivity index (χ3n) is 1.78. The number of rotatable bonds is 1. The van der Waals surface area contributed by atoms with Gasteiger partial charge >= 0.3 is 0 Å². The van der Waals surface area contributed by atoms with Crippen LogP contribution in [0.5, 0.6) is 0 Å². The van der Waals surface area contributed by atoms with Crippen molar-refractivity contribution in [3.63, 3.8) is 0 Å². The quantitative estimate of drug-likeness (QED) is 0.533. The van der Waals surface area contributed by atoms with Crippen LogP contribution >= 0.6 is 0 Å². The minimum atomic E-state index is 0.628. The van der Waals surface area contributed by atoms with Gasteiger partial charge in [-0.2, -0.15) is 0 Å². The molecule has 0 bridgehead atoms. The molecule has 0 aliphatic carbocycles. The summed E-state index contributed by atoms with van der Waals surface area (Å²) in [7, 11) is 0. The van der Waals surface area contributed by atoms with Gasteiger partial charge in [0.2, 0.25) is 0 Å². The Hall–Kier alpha value is -1.64. The maximum Gasteiger partial charge on any atom is 0.149 e. The zero-order valence-electron chi connectivity index (χ0n) is 6.47. The predicted molar refractivity (Wildman–Crippen MR) is 46.6 cm³/mol. The van der Waals surface area contributed by atoms with Crippen molar-refractivity contribution in [3.8, 4) is 0 Å². The van der Waals surface area contributed by atoms with Gasteiger partial charge in [-0.05, 0) is 12.2 Å². The fourth-order valence-electron chi connectivity index (χ4n) is 1.17. The first-order chi connectivity index (χ1) is 5.90. The number of aliphatic imine (C=N–C) groups is 1. The Balaban J connectivity index is 2.31. The molecule has 0 spiro atoms. The van der Waals surface area contributed by atoms with Gasteiger partial charge in [-0.1, -0.05) is 6.08 Å². The van der Waals surface area contributed by atoms with Crippen molar-refractivity contribution in [1.82, 2.24) is 4.90 Å². The van der Waals surface area contributed by atoms with E-state index >= 15 is 0 Å². The molecule has 0 unspecified atom stereocenters. The molecular weight excluding hydrogens is 152 g/mol. The highest BCUT2D eigenvalue weighted by Crippen LogP contribution is 2.10. The molecule has 0 aromatic heterocycles. The molecule has 2 rings (SSSR count). The topological polar surface area (TPSA) is 32.7 Å². The summed E-state index contributed by atoms with van der Waals surface area (Å²) in [6.07, 6.45) is 10.1. The SMILES string of the molecule is O=CC1=CN=C2C=CC=CN2C1. The summed E-state index contributed by atoms with van der Waals surface area (Å²) in [6.45, 7) is 0.628. The smallest absolute Gasteiger partial charge is 0.149 e. The van der Waals surface area contributed by atoms with Crippen molar-refractivity contribution < 1.29 is 4.79 Å². The molecule has 0 fully saturated rings. The molecule has 3 heteroatoms. The molecule has 60 valence electrons. The van der Waals surface area contributed by atoms with Gasteiger partial charge in [0.15, 0.2) is 0 Å². The van der Waals surface area contributed by atoms with Crippen LogP contribution in [0.4, 0.5) is 0 Å². The molecule has 0 aromatic rings. The number of fused-ring (bicyclic) bond motifs is 1. The molecule has 0 amide bonds. The van der Waals surface area contributed by atoms with E-state index in [-0.39, 0.29) is 0 Å². The van der Waals surface area contributed by atoms with Gasteiger partial charge in [-0.15, -0.1) is 0 Å². The highest BCUT2D eigenvalue weighted by molar-refractivity contribution is 5.97. The highest BCUT2D eigenvalue weighted by Gasteiger charge is 2.13. The summed E-state index contributed by atoms with van der Waals surface area (Å²) in [5.41, 5.74) is 0.707. The van der Waals surface area contributed by atoms with Gasteiger partial charge in [0.1, 0.15) is 12.1 Å². The van der Waals surface area contributed by atoms with E-state index in [9.17, 15) is 4.79 Å². The molecule has 0 N–H and O–H groups in total. The fourth-order valence-corrected chi connectivity index (χ4v) is 1.17. The van der Waals surface area contributed by atoms with Gasteiger partial charge in [0, 0.05) is 18.0 Å². The lowest BCUT2D eigenvalue weighted by Gasteiger charge is -2.24. The van der Waals surface area contributed by atoms with Crippen molar-refractivity contribution >= 4 is 12.1 Å². The molecule has 12 heavy (non-hydrogen) atoms. The molecule has 0 saturated heterocycles. The molecule has 2 aliphatic heterocycles. The third kappa shape index (κ3) is 1.09. The predicted octanol–water partition coefficient (Wildman–Crippen LogP) is 0.867. The van der Waals surface area contributed by atoms with Crippen LogP contribution in [0.25, 0.3) is 0 Å². The standard InChI is InChI=1S/C9H8N2O/c12-7-8-5-10-9-3-1-2-4-11(9)6-8/h1-5,7H,6H2. The van der Waals surface area contributed by atoms with Crippen LogP contribution in [0, 0.1) is 0 Å². The van der Waals surface area contributed by atoms with Crippen LogP contribution in [0.3, 0.4) is 0 Å². The number of aldehydes is 1. The first-order valence-corrected chi connectivity index (χ1v) is 3.74. The molecular formula is C9H8N2O. The van der Waals surface area contributed by atoms with E-state index in [0.717, 1.165) is 12.1 Å². The van der Waals surface area contributed by atoms with E-state index in [0.29, 0.717) is 12.1 Å². The molecule has 0 aromatic carbocycles. The molecule has 0 radical (unpaired) electrons. The maximum atomic E-state index is 10.4. The highest BCUT2D eigenvalue weighted by atomic mass is 16.1. The first-order valence-electron chi connectivity index (χ1n) is 3.74. The van der Waals surface area contributed by atoms with Crippen molar-refractivity contribution in [2.45, 2.75) is 0 Å². The first kappa shape index (κ1) is 7.03. The van der Waals surface area contributed by atoms with E-state index in [2.05, 4.69) is 4.99 Å². The Kier molecular flexibility index (Phi) is 1.63. The zero-order valence-corrected chi connectivity index (χ0v) is 6.47. The number of amidine groups is 1. The van der Waals surface area contributed by atoms with Crippen LogP contribution < -0.4 is 0 Å². The van der Waals surface area contributed by atoms with Crippen LogP contribution in [0.1, 0.15) is 0 Å². The minimum Gasteiger partial charge on any atom is -0.328 e. The lowest BCUT2D eigenvalue weighted by atomic mass is 10.2. The Labute approximate surface area is 70.4 Å². The van der Waals surface area contributed by atoms with Crippen molar-refractivity contribution in [2.75, 3.05) is 6.54 Å². The Morgan fingerprint density at radius 2 is 2.42 bits per heavy atom. The van der Waals surface area contributed by atoms with Gasteiger partial charge in [0.05, 0.1) is 6.54 Å². The Bertz CT molecular complexity index is 323.